The van der Waals surface area contributed by atoms with Gasteiger partial charge in [-0.3, -0.25) is 0 Å². The van der Waals surface area contributed by atoms with Crippen LogP contribution in [0.2, 0.25) is 0 Å². The van der Waals surface area contributed by atoms with Crippen LogP contribution in [0.3, 0.4) is 0 Å². The van der Waals surface area contributed by atoms with Crippen LogP contribution in [0.4, 0.5) is 0 Å². The summed E-state index contributed by atoms with van der Waals surface area (Å²) in [5.41, 5.74) is 0. The molecule has 102 valence electrons. The average Bonchev–Trinajstić information content (AvgIpc) is 2.90. The molecule has 1 atom stereocenters. The first-order chi connectivity index (χ1) is 8.79. The maximum atomic E-state index is 4.24. The summed E-state index contributed by atoms with van der Waals surface area (Å²) < 4.78 is 0. The van der Waals surface area contributed by atoms with Crippen LogP contribution in [-0.4, -0.2) is 40.5 Å². The molecule has 4 heteroatoms. The first kappa shape index (κ1) is 13.6. The summed E-state index contributed by atoms with van der Waals surface area (Å²) in [5.74, 6) is 1.85. The third-order valence-electron chi connectivity index (χ3n) is 4.03. The van der Waals surface area contributed by atoms with Crippen molar-refractivity contribution in [3.05, 3.63) is 18.2 Å². The van der Waals surface area contributed by atoms with Crippen molar-refractivity contribution in [2.45, 2.75) is 45.7 Å². The first-order valence-electron chi connectivity index (χ1n) is 7.23. The van der Waals surface area contributed by atoms with Crippen molar-refractivity contribution >= 4 is 0 Å². The highest BCUT2D eigenvalue weighted by atomic mass is 15.1. The molecule has 18 heavy (non-hydrogen) atoms. The molecule has 1 aliphatic rings. The molecule has 1 aliphatic heterocycles. The van der Waals surface area contributed by atoms with E-state index in [1.165, 1.54) is 38.9 Å². The third-order valence-corrected chi connectivity index (χ3v) is 4.03. The summed E-state index contributed by atoms with van der Waals surface area (Å²) in [6.45, 7) is 9.23. The van der Waals surface area contributed by atoms with E-state index in [4.69, 9.17) is 0 Å². The Morgan fingerprint density at radius 3 is 2.89 bits per heavy atom. The van der Waals surface area contributed by atoms with E-state index in [0.29, 0.717) is 6.04 Å². The number of aromatic nitrogens is 2. The van der Waals surface area contributed by atoms with Crippen LogP contribution in [0.15, 0.2) is 12.4 Å². The Hall–Kier alpha value is -0.870. The SMILES string of the molecule is CCCN1CCC(C(C)NCc2ncc[nH]2)CC1. The number of hydrogen-bond acceptors (Lipinski definition) is 3. The number of hydrogen-bond donors (Lipinski definition) is 2. The van der Waals surface area contributed by atoms with Crippen LogP contribution in [0.5, 0.6) is 0 Å². The lowest BCUT2D eigenvalue weighted by molar-refractivity contribution is 0.162. The van der Waals surface area contributed by atoms with Crippen LogP contribution in [0.1, 0.15) is 38.9 Å². The van der Waals surface area contributed by atoms with E-state index in [-0.39, 0.29) is 0 Å². The minimum atomic E-state index is 0.582. The van der Waals surface area contributed by atoms with Crippen molar-refractivity contribution in [1.82, 2.24) is 20.2 Å². The van der Waals surface area contributed by atoms with Crippen LogP contribution in [-0.2, 0) is 6.54 Å². The highest BCUT2D eigenvalue weighted by molar-refractivity contribution is 4.88. The Morgan fingerprint density at radius 1 is 1.50 bits per heavy atom. The van der Waals surface area contributed by atoms with Crippen molar-refractivity contribution < 1.29 is 0 Å². The highest BCUT2D eigenvalue weighted by Gasteiger charge is 2.23. The molecule has 2 rings (SSSR count). The zero-order valence-corrected chi connectivity index (χ0v) is 11.7. The minimum absolute atomic E-state index is 0.582. The van der Waals surface area contributed by atoms with Gasteiger partial charge in [0.1, 0.15) is 5.82 Å². The number of imidazole rings is 1. The molecule has 1 aromatic heterocycles. The lowest BCUT2D eigenvalue weighted by atomic mass is 9.90. The van der Waals surface area contributed by atoms with Gasteiger partial charge in [0, 0.05) is 18.4 Å². The fourth-order valence-electron chi connectivity index (χ4n) is 2.81. The minimum Gasteiger partial charge on any atom is -0.348 e. The highest BCUT2D eigenvalue weighted by Crippen LogP contribution is 2.20. The molecule has 0 aliphatic carbocycles. The topological polar surface area (TPSA) is 44.0 Å². The lowest BCUT2D eigenvalue weighted by Gasteiger charge is -2.35. The maximum Gasteiger partial charge on any atom is 0.120 e. The number of nitrogens with zero attached hydrogens (tertiary/aromatic N) is 2. The largest absolute Gasteiger partial charge is 0.348 e. The Kier molecular flexibility index (Phi) is 5.20. The molecule has 1 saturated heterocycles. The third kappa shape index (κ3) is 3.82. The molecular formula is C14H26N4. The summed E-state index contributed by atoms with van der Waals surface area (Å²) in [6.07, 6.45) is 7.62. The van der Waals surface area contributed by atoms with Gasteiger partial charge in [-0.25, -0.2) is 4.98 Å². The fraction of sp³-hybridized carbons (Fsp3) is 0.786. The Morgan fingerprint density at radius 2 is 2.28 bits per heavy atom. The predicted molar refractivity (Wildman–Crippen MR) is 74.3 cm³/mol. The molecule has 0 amide bonds. The van der Waals surface area contributed by atoms with Crippen molar-refractivity contribution in [3.63, 3.8) is 0 Å². The van der Waals surface area contributed by atoms with E-state index in [2.05, 4.69) is 34.0 Å². The molecule has 2 N–H and O–H groups in total. The Bertz CT molecular complexity index is 315. The van der Waals surface area contributed by atoms with Gasteiger partial charge < -0.3 is 15.2 Å². The van der Waals surface area contributed by atoms with Crippen LogP contribution < -0.4 is 5.32 Å². The van der Waals surface area contributed by atoms with Gasteiger partial charge in [0.25, 0.3) is 0 Å². The first-order valence-corrected chi connectivity index (χ1v) is 7.23. The van der Waals surface area contributed by atoms with E-state index in [1.54, 1.807) is 0 Å². The second kappa shape index (κ2) is 6.90. The zero-order valence-electron chi connectivity index (χ0n) is 11.7. The smallest absolute Gasteiger partial charge is 0.120 e. The zero-order chi connectivity index (χ0) is 12.8. The Balaban J connectivity index is 1.69. The number of aromatic amines is 1. The van der Waals surface area contributed by atoms with Crippen LogP contribution >= 0.6 is 0 Å². The number of rotatable bonds is 6. The van der Waals surface area contributed by atoms with E-state index in [1.807, 2.05) is 12.4 Å². The monoisotopic (exact) mass is 250 g/mol. The summed E-state index contributed by atoms with van der Waals surface area (Å²) in [4.78, 5) is 9.97. The van der Waals surface area contributed by atoms with Gasteiger partial charge in [0.05, 0.1) is 6.54 Å². The van der Waals surface area contributed by atoms with Crippen LogP contribution in [0.25, 0.3) is 0 Å². The van der Waals surface area contributed by atoms with E-state index in [9.17, 15) is 0 Å². The van der Waals surface area contributed by atoms with Gasteiger partial charge in [-0.1, -0.05) is 6.92 Å². The van der Waals surface area contributed by atoms with Gasteiger partial charge >= 0.3 is 0 Å². The number of likely N-dealkylation sites (tertiary alicyclic amines) is 1. The normalized spacial score (nSPS) is 20.1. The molecular weight excluding hydrogens is 224 g/mol. The fourth-order valence-corrected chi connectivity index (χ4v) is 2.81. The van der Waals surface area contributed by atoms with Gasteiger partial charge in [-0.2, -0.15) is 0 Å². The van der Waals surface area contributed by atoms with E-state index >= 15 is 0 Å². The molecule has 1 unspecified atom stereocenters. The number of piperidine rings is 1. The molecule has 4 nitrogen and oxygen atoms in total. The molecule has 0 aromatic carbocycles. The van der Waals surface area contributed by atoms with Crippen molar-refractivity contribution in [3.8, 4) is 0 Å². The second-order valence-corrected chi connectivity index (χ2v) is 5.38. The number of nitrogens with one attached hydrogen (secondary N) is 2. The van der Waals surface area contributed by atoms with Crippen molar-refractivity contribution in [2.75, 3.05) is 19.6 Å². The molecule has 1 aromatic rings. The lowest BCUT2D eigenvalue weighted by Crippen LogP contribution is -2.42. The van der Waals surface area contributed by atoms with Gasteiger partial charge in [0.2, 0.25) is 0 Å². The van der Waals surface area contributed by atoms with Gasteiger partial charge in [0.15, 0.2) is 0 Å². The number of H-pyrrole nitrogens is 1. The molecule has 1 fully saturated rings. The summed E-state index contributed by atoms with van der Waals surface area (Å²) in [5, 5.41) is 3.59. The quantitative estimate of drug-likeness (QED) is 0.812. The molecule has 0 spiro atoms. The standard InChI is InChI=1S/C14H26N4/c1-3-8-18-9-4-13(5-10-18)12(2)17-11-14-15-6-7-16-14/h6-7,12-13,17H,3-5,8-11H2,1-2H3,(H,15,16). The van der Waals surface area contributed by atoms with Crippen molar-refractivity contribution in [2.24, 2.45) is 5.92 Å². The van der Waals surface area contributed by atoms with Crippen LogP contribution in [0, 0.1) is 5.92 Å². The molecule has 2 heterocycles. The Labute approximate surface area is 110 Å². The van der Waals surface area contributed by atoms with Crippen molar-refractivity contribution in [1.29, 1.82) is 0 Å². The summed E-state index contributed by atoms with van der Waals surface area (Å²) in [6, 6.07) is 0.582. The predicted octanol–water partition coefficient (Wildman–Crippen LogP) is 2.01. The van der Waals surface area contributed by atoms with Gasteiger partial charge in [-0.15, -0.1) is 0 Å². The van der Waals surface area contributed by atoms with Gasteiger partial charge in [-0.05, 0) is 51.7 Å². The average molecular weight is 250 g/mol. The molecule has 0 radical (unpaired) electrons. The summed E-state index contributed by atoms with van der Waals surface area (Å²) in [7, 11) is 0. The molecule has 0 bridgehead atoms. The second-order valence-electron chi connectivity index (χ2n) is 5.38. The molecule has 0 saturated carbocycles. The van der Waals surface area contributed by atoms with E-state index in [0.717, 1.165) is 18.3 Å². The van der Waals surface area contributed by atoms with E-state index < -0.39 is 0 Å². The summed E-state index contributed by atoms with van der Waals surface area (Å²) >= 11 is 0. The maximum absolute atomic E-state index is 4.24.